The van der Waals surface area contributed by atoms with E-state index < -0.39 is 11.9 Å². The number of carbonyl (C=O) groups is 1. The highest BCUT2D eigenvalue weighted by atomic mass is 79.9. The molecule has 18 heavy (non-hydrogen) atoms. The molecule has 1 N–H and O–H groups in total. The van der Waals surface area contributed by atoms with E-state index >= 15 is 0 Å². The second kappa shape index (κ2) is 5.59. The van der Waals surface area contributed by atoms with Crippen molar-refractivity contribution in [2.45, 2.75) is 0 Å². The fourth-order valence-corrected chi connectivity index (χ4v) is 1.58. The first-order valence-corrected chi connectivity index (χ1v) is 5.80. The second-order valence-corrected chi connectivity index (χ2v) is 4.04. The van der Waals surface area contributed by atoms with E-state index in [0.717, 1.165) is 0 Å². The summed E-state index contributed by atoms with van der Waals surface area (Å²) in [5.41, 5.74) is -0.00203. The Balaban J connectivity index is 2.06. The van der Waals surface area contributed by atoms with E-state index in [9.17, 15) is 9.18 Å². The van der Waals surface area contributed by atoms with Crippen molar-refractivity contribution in [2.24, 2.45) is 0 Å². The van der Waals surface area contributed by atoms with Crippen LogP contribution in [0.5, 0.6) is 5.75 Å². The van der Waals surface area contributed by atoms with Gasteiger partial charge in [-0.15, -0.1) is 0 Å². The van der Waals surface area contributed by atoms with Crippen LogP contribution < -0.4 is 10.1 Å². The predicted molar refractivity (Wildman–Crippen MR) is 68.0 cm³/mol. The zero-order chi connectivity index (χ0) is 13.0. The Kier molecular flexibility index (Phi) is 3.88. The number of amides is 1. The van der Waals surface area contributed by atoms with Crippen LogP contribution in [0.25, 0.3) is 0 Å². The van der Waals surface area contributed by atoms with Crippen molar-refractivity contribution < 1.29 is 13.9 Å². The highest BCUT2D eigenvalue weighted by molar-refractivity contribution is 9.10. The SMILES string of the molecule is O=C(Nc1ccnc(Br)c1F)Oc1ccccc1. The molecule has 0 saturated heterocycles. The minimum absolute atomic E-state index is 0.00203. The van der Waals surface area contributed by atoms with E-state index in [2.05, 4.69) is 26.2 Å². The van der Waals surface area contributed by atoms with Crippen LogP contribution in [-0.4, -0.2) is 11.1 Å². The average molecular weight is 311 g/mol. The van der Waals surface area contributed by atoms with Crippen LogP contribution in [0, 0.1) is 5.82 Å². The number of benzene rings is 1. The monoisotopic (exact) mass is 310 g/mol. The fourth-order valence-electron chi connectivity index (χ4n) is 1.25. The van der Waals surface area contributed by atoms with Gasteiger partial charge in [0, 0.05) is 6.20 Å². The van der Waals surface area contributed by atoms with E-state index in [0.29, 0.717) is 5.75 Å². The van der Waals surface area contributed by atoms with Gasteiger partial charge in [-0.3, -0.25) is 5.32 Å². The molecule has 92 valence electrons. The van der Waals surface area contributed by atoms with Crippen LogP contribution in [0.3, 0.4) is 0 Å². The average Bonchev–Trinajstić information content (AvgIpc) is 2.36. The van der Waals surface area contributed by atoms with Crippen molar-refractivity contribution >= 4 is 27.7 Å². The topological polar surface area (TPSA) is 51.2 Å². The van der Waals surface area contributed by atoms with E-state index in [1.165, 1.54) is 12.3 Å². The van der Waals surface area contributed by atoms with Gasteiger partial charge in [0.15, 0.2) is 5.82 Å². The van der Waals surface area contributed by atoms with Crippen molar-refractivity contribution in [3.8, 4) is 5.75 Å². The summed E-state index contributed by atoms with van der Waals surface area (Å²) in [5.74, 6) is -0.272. The lowest BCUT2D eigenvalue weighted by Crippen LogP contribution is -2.17. The Morgan fingerprint density at radius 2 is 2.00 bits per heavy atom. The van der Waals surface area contributed by atoms with Gasteiger partial charge in [-0.1, -0.05) is 18.2 Å². The molecule has 0 fully saturated rings. The van der Waals surface area contributed by atoms with Gasteiger partial charge in [0.25, 0.3) is 0 Å². The van der Waals surface area contributed by atoms with Crippen LogP contribution in [0.2, 0.25) is 0 Å². The largest absolute Gasteiger partial charge is 0.417 e. The first-order valence-electron chi connectivity index (χ1n) is 5.00. The molecular weight excluding hydrogens is 303 g/mol. The Labute approximate surface area is 111 Å². The summed E-state index contributed by atoms with van der Waals surface area (Å²) in [6, 6.07) is 9.84. The van der Waals surface area contributed by atoms with Crippen LogP contribution >= 0.6 is 15.9 Å². The predicted octanol–water partition coefficient (Wildman–Crippen LogP) is 3.59. The second-order valence-electron chi connectivity index (χ2n) is 3.29. The van der Waals surface area contributed by atoms with Gasteiger partial charge in [0.1, 0.15) is 10.4 Å². The van der Waals surface area contributed by atoms with E-state index in [4.69, 9.17) is 4.74 Å². The zero-order valence-corrected chi connectivity index (χ0v) is 10.6. The minimum Gasteiger partial charge on any atom is -0.410 e. The van der Waals surface area contributed by atoms with Gasteiger partial charge in [-0.2, -0.15) is 0 Å². The lowest BCUT2D eigenvalue weighted by molar-refractivity contribution is 0.215. The number of ether oxygens (including phenoxy) is 1. The van der Waals surface area contributed by atoms with Gasteiger partial charge in [0.2, 0.25) is 0 Å². The minimum atomic E-state index is -0.766. The maximum absolute atomic E-state index is 13.5. The summed E-state index contributed by atoms with van der Waals surface area (Å²) < 4.78 is 18.5. The number of anilines is 1. The smallest absolute Gasteiger partial charge is 0.410 e. The molecule has 0 radical (unpaired) electrons. The van der Waals surface area contributed by atoms with E-state index in [1.54, 1.807) is 30.3 Å². The Morgan fingerprint density at radius 1 is 1.28 bits per heavy atom. The number of aromatic nitrogens is 1. The van der Waals surface area contributed by atoms with Gasteiger partial charge in [-0.25, -0.2) is 14.2 Å². The molecule has 0 aliphatic carbocycles. The molecule has 2 aromatic rings. The van der Waals surface area contributed by atoms with Gasteiger partial charge in [0.05, 0.1) is 5.69 Å². The molecule has 2 rings (SSSR count). The number of hydrogen-bond acceptors (Lipinski definition) is 3. The third kappa shape index (κ3) is 3.04. The number of nitrogens with one attached hydrogen (secondary N) is 1. The number of rotatable bonds is 2. The highest BCUT2D eigenvalue weighted by Gasteiger charge is 2.11. The molecule has 1 amide bonds. The van der Waals surface area contributed by atoms with Crippen LogP contribution in [0.1, 0.15) is 0 Å². The normalized spacial score (nSPS) is 9.89. The fraction of sp³-hybridized carbons (Fsp3) is 0. The molecule has 0 aliphatic rings. The molecule has 1 aromatic heterocycles. The van der Waals surface area contributed by atoms with E-state index in [1.807, 2.05) is 0 Å². The molecular formula is C12H8BrFN2O2. The highest BCUT2D eigenvalue weighted by Crippen LogP contribution is 2.20. The van der Waals surface area contributed by atoms with Crippen LogP contribution in [0.15, 0.2) is 47.2 Å². The van der Waals surface area contributed by atoms with Crippen molar-refractivity contribution in [3.05, 3.63) is 53.0 Å². The van der Waals surface area contributed by atoms with E-state index in [-0.39, 0.29) is 10.3 Å². The number of para-hydroxylation sites is 1. The number of pyridine rings is 1. The number of carbonyl (C=O) groups excluding carboxylic acids is 1. The quantitative estimate of drug-likeness (QED) is 0.862. The van der Waals surface area contributed by atoms with Gasteiger partial charge >= 0.3 is 6.09 Å². The third-order valence-electron chi connectivity index (χ3n) is 2.04. The molecule has 1 heterocycles. The summed E-state index contributed by atoms with van der Waals surface area (Å²) in [6.45, 7) is 0. The molecule has 0 unspecified atom stereocenters. The Morgan fingerprint density at radius 3 is 2.72 bits per heavy atom. The molecule has 0 saturated carbocycles. The first kappa shape index (κ1) is 12.5. The Bertz CT molecular complexity index is 563. The number of nitrogens with zero attached hydrogens (tertiary/aromatic N) is 1. The molecule has 1 aromatic carbocycles. The van der Waals surface area contributed by atoms with Gasteiger partial charge < -0.3 is 4.74 Å². The first-order chi connectivity index (χ1) is 8.66. The van der Waals surface area contributed by atoms with Crippen molar-refractivity contribution in [2.75, 3.05) is 5.32 Å². The molecule has 0 spiro atoms. The number of hydrogen-bond donors (Lipinski definition) is 1. The molecule has 0 atom stereocenters. The lowest BCUT2D eigenvalue weighted by Gasteiger charge is -2.07. The summed E-state index contributed by atoms with van der Waals surface area (Å²) in [7, 11) is 0. The summed E-state index contributed by atoms with van der Waals surface area (Å²) in [6.07, 6.45) is 0.601. The maximum atomic E-state index is 13.5. The summed E-state index contributed by atoms with van der Waals surface area (Å²) in [5, 5.41) is 2.29. The third-order valence-corrected chi connectivity index (χ3v) is 2.59. The Hall–Kier alpha value is -1.95. The van der Waals surface area contributed by atoms with Crippen LogP contribution in [0.4, 0.5) is 14.9 Å². The van der Waals surface area contributed by atoms with Crippen molar-refractivity contribution in [3.63, 3.8) is 0 Å². The standard InChI is InChI=1S/C12H8BrFN2O2/c13-11-10(14)9(6-7-15-11)16-12(17)18-8-4-2-1-3-5-8/h1-7H,(H,15,16,17). The van der Waals surface area contributed by atoms with Gasteiger partial charge in [-0.05, 0) is 34.1 Å². The zero-order valence-electron chi connectivity index (χ0n) is 9.06. The number of halogens is 2. The van der Waals surface area contributed by atoms with Crippen molar-refractivity contribution in [1.29, 1.82) is 0 Å². The van der Waals surface area contributed by atoms with Crippen LogP contribution in [-0.2, 0) is 0 Å². The molecule has 0 bridgehead atoms. The molecule has 0 aliphatic heterocycles. The maximum Gasteiger partial charge on any atom is 0.417 e. The lowest BCUT2D eigenvalue weighted by atomic mass is 10.3. The molecule has 6 heteroatoms. The summed E-state index contributed by atoms with van der Waals surface area (Å²) in [4.78, 5) is 15.2. The van der Waals surface area contributed by atoms with Crippen molar-refractivity contribution in [1.82, 2.24) is 4.98 Å². The summed E-state index contributed by atoms with van der Waals surface area (Å²) >= 11 is 2.92. The molecule has 4 nitrogen and oxygen atoms in total.